The van der Waals surface area contributed by atoms with E-state index in [-0.39, 0.29) is 40.7 Å². The molecule has 0 fully saturated rings. The molecule has 10 rings (SSSR count). The molecule has 10 bridgehead atoms. The molecule has 15 heteroatoms. The van der Waals surface area contributed by atoms with Crippen LogP contribution >= 0.6 is 34.8 Å². The van der Waals surface area contributed by atoms with Crippen LogP contribution in [0.5, 0.6) is 5.75 Å². The van der Waals surface area contributed by atoms with Crippen LogP contribution in [0.25, 0.3) is 44.9 Å². The number of nitrogens with zero attached hydrogens (tertiary/aromatic N) is 2. The number of nitrogens with one attached hydrogen (secondary N) is 4. The Labute approximate surface area is 322 Å². The highest BCUT2D eigenvalue weighted by molar-refractivity contribution is 6.38. The molecule has 3 aromatic heterocycles. The number of ether oxygens (including phenoxy) is 1. The first kappa shape index (κ1) is 33.6. The Morgan fingerprint density at radius 3 is 2.63 bits per heavy atom. The van der Waals surface area contributed by atoms with Gasteiger partial charge in [0.1, 0.15) is 34.0 Å². The first-order chi connectivity index (χ1) is 25.7. The van der Waals surface area contributed by atoms with Gasteiger partial charge in [0.25, 0.3) is 11.8 Å². The van der Waals surface area contributed by atoms with E-state index in [9.17, 15) is 14.7 Å². The summed E-state index contributed by atoms with van der Waals surface area (Å²) in [6.45, 7) is 6.57. The maximum absolute atomic E-state index is 14.1. The van der Waals surface area contributed by atoms with Crippen molar-refractivity contribution in [3.8, 4) is 39.8 Å². The lowest BCUT2D eigenvalue weighted by molar-refractivity contribution is -0.139. The van der Waals surface area contributed by atoms with Crippen molar-refractivity contribution in [3.63, 3.8) is 0 Å². The topological polar surface area (TPSA) is 168 Å². The molecule has 0 radical (unpaired) electrons. The Balaban J connectivity index is 1.33. The number of aromatic amines is 1. The quantitative estimate of drug-likeness (QED) is 0.122. The van der Waals surface area contributed by atoms with Crippen LogP contribution in [0, 0.1) is 5.92 Å². The molecule has 4 atom stereocenters. The number of anilines is 1. The van der Waals surface area contributed by atoms with E-state index in [1.807, 2.05) is 62.4 Å². The number of hydrogen-bond donors (Lipinski definition) is 5. The molecule has 12 nitrogen and oxygen atoms in total. The smallest absolute Gasteiger partial charge is 0.252 e. The normalized spacial score (nSPS) is 21.9. The van der Waals surface area contributed by atoms with Gasteiger partial charge < -0.3 is 39.6 Å². The lowest BCUT2D eigenvalue weighted by Crippen LogP contribution is -2.54. The number of aliphatic hydroxyl groups is 1. The van der Waals surface area contributed by atoms with Crippen molar-refractivity contribution >= 4 is 63.2 Å². The van der Waals surface area contributed by atoms with Gasteiger partial charge in [-0.25, -0.2) is 4.98 Å². The van der Waals surface area contributed by atoms with Gasteiger partial charge in [-0.1, -0.05) is 72.9 Å². The number of carbonyl (C=O) groups excluding carboxylic acids is 2. The fraction of sp³-hybridized carbons (Fsp3) is 0.282. The highest BCUT2D eigenvalue weighted by Gasteiger charge is 2.62. The van der Waals surface area contributed by atoms with Crippen LogP contribution in [0.15, 0.2) is 57.4 Å². The zero-order valence-corrected chi connectivity index (χ0v) is 31.4. The summed E-state index contributed by atoms with van der Waals surface area (Å²) in [6, 6.07) is 13.4. The van der Waals surface area contributed by atoms with Gasteiger partial charge in [0.05, 0.1) is 5.56 Å². The maximum atomic E-state index is 14.1. The van der Waals surface area contributed by atoms with Gasteiger partial charge in [0, 0.05) is 44.7 Å². The van der Waals surface area contributed by atoms with E-state index in [2.05, 4.69) is 20.9 Å². The summed E-state index contributed by atoms with van der Waals surface area (Å²) in [7, 11) is 0. The minimum Gasteiger partial charge on any atom is -0.469 e. The summed E-state index contributed by atoms with van der Waals surface area (Å²) in [5.41, 5.74) is 3.04. The molecule has 2 amide bonds. The van der Waals surface area contributed by atoms with E-state index in [4.69, 9.17) is 58.3 Å². The molecule has 274 valence electrons. The molecule has 3 aromatic carbocycles. The summed E-state index contributed by atoms with van der Waals surface area (Å²) >= 11 is 20.9. The fourth-order valence-corrected chi connectivity index (χ4v) is 9.03. The second-order valence-corrected chi connectivity index (χ2v) is 16.3. The molecule has 4 aliphatic rings. The van der Waals surface area contributed by atoms with Crippen LogP contribution in [0.2, 0.25) is 15.3 Å². The van der Waals surface area contributed by atoms with E-state index in [1.165, 1.54) is 13.8 Å². The first-order valence-corrected chi connectivity index (χ1v) is 18.6. The number of H-pyrrole nitrogens is 1. The third kappa shape index (κ3) is 4.54. The van der Waals surface area contributed by atoms with Crippen LogP contribution in [0.3, 0.4) is 0 Å². The number of fused-ring (bicyclic) bond motifs is 7. The van der Waals surface area contributed by atoms with Gasteiger partial charge in [-0.3, -0.25) is 9.59 Å². The standard InChI is InChI=1S/C39H31Cl3N6O6/c1-14(2)26-34-46-28-30(54-34)39-19-10-15(11-22(33(49)45-26)44-36(50)38(3,4)51)8-9-23(19)52-37(39)47-27-18(12-16(40)13-20(27)39)17-6-5-7-21-24(17)25(31(41)43-21)29-32(42)48-35(28)53-29/h5-10,12-14,22,26,37,43,47,51H,11H2,1-4H3,(H,44,50)(H,45,49)/t22-,26-,37?,39?/m0/s1. The minimum absolute atomic E-state index is 0.0606. The van der Waals surface area contributed by atoms with Gasteiger partial charge in [0.2, 0.25) is 11.8 Å². The van der Waals surface area contributed by atoms with Crippen molar-refractivity contribution in [1.82, 2.24) is 25.6 Å². The van der Waals surface area contributed by atoms with Crippen LogP contribution in [0.4, 0.5) is 5.69 Å². The van der Waals surface area contributed by atoms with Crippen molar-refractivity contribution < 1.29 is 28.3 Å². The molecule has 4 aliphatic heterocycles. The Morgan fingerprint density at radius 2 is 1.85 bits per heavy atom. The number of aromatic nitrogens is 3. The molecule has 0 saturated heterocycles. The van der Waals surface area contributed by atoms with E-state index >= 15 is 0 Å². The molecule has 54 heavy (non-hydrogen) atoms. The molecule has 7 heterocycles. The Hall–Kier alpha value is -5.01. The molecule has 0 aliphatic carbocycles. The Bertz CT molecular complexity index is 2640. The number of oxazole rings is 2. The van der Waals surface area contributed by atoms with Crippen molar-refractivity contribution in [3.05, 3.63) is 92.2 Å². The van der Waals surface area contributed by atoms with Crippen LogP contribution in [-0.4, -0.2) is 49.7 Å². The second kappa shape index (κ2) is 11.3. The van der Waals surface area contributed by atoms with Crippen molar-refractivity contribution in [2.75, 3.05) is 5.32 Å². The fourth-order valence-electron chi connectivity index (χ4n) is 8.32. The van der Waals surface area contributed by atoms with E-state index < -0.39 is 41.1 Å². The van der Waals surface area contributed by atoms with E-state index in [1.54, 1.807) is 0 Å². The summed E-state index contributed by atoms with van der Waals surface area (Å²) in [5, 5.41) is 21.6. The molecule has 5 N–H and O–H groups in total. The highest BCUT2D eigenvalue weighted by atomic mass is 35.5. The monoisotopic (exact) mass is 784 g/mol. The third-order valence-electron chi connectivity index (χ3n) is 10.8. The lowest BCUT2D eigenvalue weighted by atomic mass is 9.72. The molecule has 0 saturated carbocycles. The summed E-state index contributed by atoms with van der Waals surface area (Å²) < 4.78 is 20.3. The number of rotatable bonds is 3. The predicted octanol–water partition coefficient (Wildman–Crippen LogP) is 7.52. The highest BCUT2D eigenvalue weighted by Crippen LogP contribution is 2.62. The van der Waals surface area contributed by atoms with Gasteiger partial charge in [0.15, 0.2) is 28.6 Å². The molecular formula is C39H31Cl3N6O6. The van der Waals surface area contributed by atoms with E-state index in [0.717, 1.165) is 33.3 Å². The molecule has 2 unspecified atom stereocenters. The van der Waals surface area contributed by atoms with Crippen molar-refractivity contribution in [2.24, 2.45) is 5.92 Å². The average molecular weight is 786 g/mol. The van der Waals surface area contributed by atoms with Gasteiger partial charge >= 0.3 is 0 Å². The van der Waals surface area contributed by atoms with Crippen LogP contribution in [0.1, 0.15) is 62.1 Å². The number of hydrogen-bond acceptors (Lipinski definition) is 9. The largest absolute Gasteiger partial charge is 0.469 e. The number of amides is 2. The average Bonchev–Trinajstić information content (AvgIpc) is 3.91. The summed E-state index contributed by atoms with van der Waals surface area (Å²) in [4.78, 5) is 40.3. The van der Waals surface area contributed by atoms with Crippen LogP contribution in [-0.2, 0) is 21.4 Å². The first-order valence-electron chi connectivity index (χ1n) is 17.5. The number of halogens is 3. The lowest BCUT2D eigenvalue weighted by Gasteiger charge is -2.29. The zero-order chi connectivity index (χ0) is 37.6. The number of carbonyl (C=O) groups is 2. The minimum atomic E-state index is -1.73. The molecular weight excluding hydrogens is 755 g/mol. The molecule has 6 aromatic rings. The SMILES string of the molecule is CC(C)[C@@H]1NC(=O)[C@@H](NC(=O)C(C)(C)O)Cc2ccc3c(c2)C24c5cc(Cl)cc(c5NC2O3)-c2cccc3[nH]c(Cl)c(c23)-c2oc(nc2Cl)-c2nc1oc24. The Morgan fingerprint density at radius 1 is 1.04 bits per heavy atom. The predicted molar refractivity (Wildman–Crippen MR) is 202 cm³/mol. The van der Waals surface area contributed by atoms with Gasteiger partial charge in [-0.2, -0.15) is 4.98 Å². The van der Waals surface area contributed by atoms with Crippen molar-refractivity contribution in [2.45, 2.75) is 63.4 Å². The van der Waals surface area contributed by atoms with Gasteiger partial charge in [-0.15, -0.1) is 0 Å². The number of benzene rings is 3. The van der Waals surface area contributed by atoms with Crippen LogP contribution < -0.4 is 20.7 Å². The summed E-state index contributed by atoms with van der Waals surface area (Å²) in [6.07, 6.45) is -0.667. The zero-order valence-electron chi connectivity index (χ0n) is 29.2. The third-order valence-corrected chi connectivity index (χ3v) is 11.6. The molecule has 1 spiro atoms. The Kier molecular flexibility index (Phi) is 7.00. The summed E-state index contributed by atoms with van der Waals surface area (Å²) in [5.74, 6) is -0.0626. The maximum Gasteiger partial charge on any atom is 0.252 e. The van der Waals surface area contributed by atoms with Gasteiger partial charge in [-0.05, 0) is 55.2 Å². The second-order valence-electron chi connectivity index (χ2n) is 15.1. The van der Waals surface area contributed by atoms with E-state index in [0.29, 0.717) is 38.4 Å². The van der Waals surface area contributed by atoms with Crippen molar-refractivity contribution in [1.29, 1.82) is 0 Å².